The molecule has 0 aliphatic carbocycles. The Morgan fingerprint density at radius 3 is 2.60 bits per heavy atom. The first-order valence-electron chi connectivity index (χ1n) is 4.28. The van der Waals surface area contributed by atoms with Crippen LogP contribution < -0.4 is 4.72 Å². The highest BCUT2D eigenvalue weighted by Gasteiger charge is 2.23. The van der Waals surface area contributed by atoms with Gasteiger partial charge in [-0.1, -0.05) is 6.92 Å². The third-order valence-corrected chi connectivity index (χ3v) is 3.34. The molecule has 1 unspecified atom stereocenters. The molecule has 0 aliphatic heterocycles. The monoisotopic (exact) mass is 226 g/mol. The largest absolute Gasteiger partial charge is 0.251 e. The quantitative estimate of drug-likeness (QED) is 0.807. The van der Waals surface area contributed by atoms with Gasteiger partial charge in [0.1, 0.15) is 0 Å². The van der Waals surface area contributed by atoms with Crippen molar-refractivity contribution in [3.63, 3.8) is 0 Å². The van der Waals surface area contributed by atoms with Gasteiger partial charge in [-0.25, -0.2) is 18.4 Å². The minimum atomic E-state index is -3.71. The number of nitriles is 1. The lowest BCUT2D eigenvalue weighted by Gasteiger charge is -2.08. The Kier molecular flexibility index (Phi) is 3.57. The predicted octanol–water partition coefficient (Wildman–Crippen LogP) is 0.520. The van der Waals surface area contributed by atoms with Crippen molar-refractivity contribution < 1.29 is 8.42 Å². The Morgan fingerprint density at radius 1 is 1.53 bits per heavy atom. The van der Waals surface area contributed by atoms with Crippen molar-refractivity contribution in [2.24, 2.45) is 0 Å². The van der Waals surface area contributed by atoms with Gasteiger partial charge in [0.15, 0.2) is 5.25 Å². The smallest absolute Gasteiger partial charge is 0.250 e. The van der Waals surface area contributed by atoms with Gasteiger partial charge < -0.3 is 0 Å². The molecule has 0 spiro atoms. The van der Waals surface area contributed by atoms with Gasteiger partial charge >= 0.3 is 0 Å². The zero-order valence-electron chi connectivity index (χ0n) is 8.08. The zero-order chi connectivity index (χ0) is 11.3. The Labute approximate surface area is 88.0 Å². The number of nitrogens with zero attached hydrogens (tertiary/aromatic N) is 3. The normalized spacial score (nSPS) is 12.8. The van der Waals surface area contributed by atoms with E-state index in [2.05, 4.69) is 14.7 Å². The summed E-state index contributed by atoms with van der Waals surface area (Å²) >= 11 is 0. The van der Waals surface area contributed by atoms with Crippen LogP contribution in [0.4, 0.5) is 5.95 Å². The molecule has 6 nitrogen and oxygen atoms in total. The molecule has 1 heterocycles. The topological polar surface area (TPSA) is 95.7 Å². The molecule has 0 amide bonds. The third kappa shape index (κ3) is 2.89. The Balaban J connectivity index is 2.87. The summed E-state index contributed by atoms with van der Waals surface area (Å²) in [5.74, 6) is -0.0220. The van der Waals surface area contributed by atoms with E-state index >= 15 is 0 Å². The number of hydrogen-bond donors (Lipinski definition) is 1. The van der Waals surface area contributed by atoms with Gasteiger partial charge in [-0.15, -0.1) is 0 Å². The summed E-state index contributed by atoms with van der Waals surface area (Å²) in [6.07, 6.45) is 3.05. The second-order valence-electron chi connectivity index (χ2n) is 2.75. The van der Waals surface area contributed by atoms with Crippen LogP contribution in [0, 0.1) is 11.3 Å². The molecule has 0 aromatic carbocycles. The Morgan fingerprint density at radius 2 is 2.13 bits per heavy atom. The molecule has 1 aromatic heterocycles. The lowest BCUT2D eigenvalue weighted by atomic mass is 10.4. The standard InChI is InChI=1S/C8H10N4O2S/c1-2-7(6-9)15(13,14)12-8-10-4-3-5-11-8/h3-5,7H,2H2,1H3,(H,10,11,12). The van der Waals surface area contributed by atoms with Crippen molar-refractivity contribution in [2.45, 2.75) is 18.6 Å². The molecular weight excluding hydrogens is 216 g/mol. The van der Waals surface area contributed by atoms with Crippen LogP contribution in [-0.2, 0) is 10.0 Å². The minimum Gasteiger partial charge on any atom is -0.250 e. The summed E-state index contributed by atoms with van der Waals surface area (Å²) in [5.41, 5.74) is 0. The van der Waals surface area contributed by atoms with Gasteiger partial charge in [0, 0.05) is 12.4 Å². The molecular formula is C8H10N4O2S. The predicted molar refractivity (Wildman–Crippen MR) is 54.3 cm³/mol. The van der Waals surface area contributed by atoms with Crippen LogP contribution in [0.3, 0.4) is 0 Å². The van der Waals surface area contributed by atoms with Gasteiger partial charge in [-0.2, -0.15) is 5.26 Å². The number of sulfonamides is 1. The Bertz CT molecular complexity index is 451. The SMILES string of the molecule is CCC(C#N)S(=O)(=O)Nc1ncccn1. The van der Waals surface area contributed by atoms with E-state index in [1.165, 1.54) is 12.4 Å². The van der Waals surface area contributed by atoms with Gasteiger partial charge in [0.25, 0.3) is 10.0 Å². The van der Waals surface area contributed by atoms with E-state index < -0.39 is 15.3 Å². The first-order valence-corrected chi connectivity index (χ1v) is 5.83. The average Bonchev–Trinajstić information content (AvgIpc) is 2.19. The number of aromatic nitrogens is 2. The van der Waals surface area contributed by atoms with E-state index in [0.29, 0.717) is 0 Å². The van der Waals surface area contributed by atoms with Gasteiger partial charge in [0.2, 0.25) is 5.95 Å². The molecule has 7 heteroatoms. The molecule has 80 valence electrons. The fraction of sp³-hybridized carbons (Fsp3) is 0.375. The summed E-state index contributed by atoms with van der Waals surface area (Å²) in [7, 11) is -3.71. The highest BCUT2D eigenvalue weighted by molar-refractivity contribution is 7.93. The van der Waals surface area contributed by atoms with E-state index in [0.717, 1.165) is 0 Å². The van der Waals surface area contributed by atoms with Crippen molar-refractivity contribution in [2.75, 3.05) is 4.72 Å². The fourth-order valence-corrected chi connectivity index (χ4v) is 2.01. The molecule has 0 aliphatic rings. The number of nitrogens with one attached hydrogen (secondary N) is 1. The van der Waals surface area contributed by atoms with Crippen molar-refractivity contribution in [1.29, 1.82) is 5.26 Å². The van der Waals surface area contributed by atoms with Crippen LogP contribution in [0.1, 0.15) is 13.3 Å². The highest BCUT2D eigenvalue weighted by Crippen LogP contribution is 2.08. The van der Waals surface area contributed by atoms with E-state index in [1.807, 2.05) is 0 Å². The summed E-state index contributed by atoms with van der Waals surface area (Å²) in [4.78, 5) is 7.41. The summed E-state index contributed by atoms with van der Waals surface area (Å²) < 4.78 is 25.2. The first kappa shape index (κ1) is 11.4. The molecule has 1 aromatic rings. The average molecular weight is 226 g/mol. The van der Waals surface area contributed by atoms with Crippen LogP contribution in [0.5, 0.6) is 0 Å². The number of anilines is 1. The van der Waals surface area contributed by atoms with E-state index in [9.17, 15) is 8.42 Å². The highest BCUT2D eigenvalue weighted by atomic mass is 32.2. The molecule has 15 heavy (non-hydrogen) atoms. The molecule has 0 radical (unpaired) electrons. The van der Waals surface area contributed by atoms with Crippen LogP contribution in [0.2, 0.25) is 0 Å². The van der Waals surface area contributed by atoms with E-state index in [-0.39, 0.29) is 12.4 Å². The van der Waals surface area contributed by atoms with Crippen molar-refractivity contribution >= 4 is 16.0 Å². The maximum atomic E-state index is 11.5. The van der Waals surface area contributed by atoms with Crippen LogP contribution >= 0.6 is 0 Å². The van der Waals surface area contributed by atoms with Crippen molar-refractivity contribution in [1.82, 2.24) is 9.97 Å². The van der Waals surface area contributed by atoms with Crippen LogP contribution in [0.15, 0.2) is 18.5 Å². The van der Waals surface area contributed by atoms with Gasteiger partial charge in [0.05, 0.1) is 6.07 Å². The molecule has 1 N–H and O–H groups in total. The second-order valence-corrected chi connectivity index (χ2v) is 4.61. The molecule has 0 saturated heterocycles. The van der Waals surface area contributed by atoms with E-state index in [4.69, 9.17) is 5.26 Å². The molecule has 1 atom stereocenters. The van der Waals surface area contributed by atoms with Gasteiger partial charge in [-0.3, -0.25) is 4.72 Å². The maximum absolute atomic E-state index is 11.5. The fourth-order valence-electron chi connectivity index (χ4n) is 0.930. The molecule has 1 rings (SSSR count). The number of hydrogen-bond acceptors (Lipinski definition) is 5. The van der Waals surface area contributed by atoms with Crippen molar-refractivity contribution in [3.8, 4) is 6.07 Å². The third-order valence-electron chi connectivity index (χ3n) is 1.69. The van der Waals surface area contributed by atoms with Crippen LogP contribution in [-0.4, -0.2) is 23.6 Å². The minimum absolute atomic E-state index is 0.0220. The van der Waals surface area contributed by atoms with Crippen LogP contribution in [0.25, 0.3) is 0 Å². The number of rotatable bonds is 4. The zero-order valence-corrected chi connectivity index (χ0v) is 8.90. The van der Waals surface area contributed by atoms with E-state index in [1.54, 1.807) is 19.1 Å². The maximum Gasteiger partial charge on any atom is 0.251 e. The lowest BCUT2D eigenvalue weighted by Crippen LogP contribution is -2.26. The lowest BCUT2D eigenvalue weighted by molar-refractivity contribution is 0.592. The Hall–Kier alpha value is -1.68. The molecule has 0 saturated carbocycles. The molecule has 0 bridgehead atoms. The summed E-state index contributed by atoms with van der Waals surface area (Å²) in [5, 5.41) is 7.55. The van der Waals surface area contributed by atoms with Gasteiger partial charge in [-0.05, 0) is 12.5 Å². The van der Waals surface area contributed by atoms with Crippen molar-refractivity contribution in [3.05, 3.63) is 18.5 Å². The summed E-state index contributed by atoms with van der Waals surface area (Å²) in [6, 6.07) is 3.28. The summed E-state index contributed by atoms with van der Waals surface area (Å²) in [6.45, 7) is 1.62. The molecule has 0 fully saturated rings. The first-order chi connectivity index (χ1) is 7.10. The second kappa shape index (κ2) is 4.70.